The maximum absolute atomic E-state index is 2.72. The van der Waals surface area contributed by atoms with Gasteiger partial charge in [-0.3, -0.25) is 0 Å². The Kier molecular flexibility index (Phi) is 11.0. The molecule has 13 rings (SSSR count). The van der Waals surface area contributed by atoms with Gasteiger partial charge in [0.2, 0.25) is 0 Å². The zero-order chi connectivity index (χ0) is 52.8. The minimum atomic E-state index is -0.0509. The summed E-state index contributed by atoms with van der Waals surface area (Å²) >= 11 is 1.96. The van der Waals surface area contributed by atoms with Crippen LogP contribution in [-0.4, -0.2) is 6.71 Å². The maximum Gasteiger partial charge on any atom is 0.254 e. The van der Waals surface area contributed by atoms with Crippen LogP contribution < -0.4 is 31.1 Å². The van der Waals surface area contributed by atoms with Gasteiger partial charge in [0, 0.05) is 44.4 Å². The van der Waals surface area contributed by atoms with Crippen LogP contribution in [-0.2, 0) is 27.1 Å². The van der Waals surface area contributed by atoms with Crippen molar-refractivity contribution in [3.05, 3.63) is 203 Å². The van der Waals surface area contributed by atoms with Gasteiger partial charge in [-0.15, -0.1) is 11.3 Å². The van der Waals surface area contributed by atoms with Crippen LogP contribution in [0.2, 0.25) is 0 Å². The van der Waals surface area contributed by atoms with Crippen LogP contribution in [0.1, 0.15) is 135 Å². The molecule has 0 fully saturated rings. The molecule has 8 aromatic carbocycles. The highest BCUT2D eigenvalue weighted by Gasteiger charge is 2.49. The van der Waals surface area contributed by atoms with E-state index >= 15 is 0 Å². The van der Waals surface area contributed by atoms with Crippen molar-refractivity contribution in [3.63, 3.8) is 0 Å². The van der Waals surface area contributed by atoms with Gasteiger partial charge in [0.1, 0.15) is 0 Å². The molecule has 0 unspecified atom stereocenters. The number of aryl methyl sites for hydroxylation is 1. The Bertz CT molecular complexity index is 3740. The molecule has 5 heteroatoms. The lowest BCUT2D eigenvalue weighted by Crippen LogP contribution is -2.61. The highest BCUT2D eigenvalue weighted by atomic mass is 32.1. The molecule has 0 atom stereocenters. The van der Waals surface area contributed by atoms with Crippen molar-refractivity contribution >= 4 is 95.0 Å². The second kappa shape index (κ2) is 17.1. The second-order valence-electron chi connectivity index (χ2n) is 26.4. The highest BCUT2D eigenvalue weighted by molar-refractivity contribution is 7.26. The number of benzene rings is 8. The SMILES string of the molecule is Cc1ccc2sc3c(c2c1)B1c2cc4c(cc2N(c2ccc5c(c2)C(C)(C)CCC5(C)C)c2cc(N(c5ccccc5)c5ccccc5)cc(c21)N3c1ccc(C(C)(C)C)cc1-c1ccccc1)C(C)(C)CCC4(C)C. The second-order valence-corrected chi connectivity index (χ2v) is 27.4. The molecule has 0 N–H and O–H groups in total. The first kappa shape index (κ1) is 48.8. The number of fused-ring (bicyclic) bond motifs is 8. The summed E-state index contributed by atoms with van der Waals surface area (Å²) in [6.45, 7) is 29.1. The lowest BCUT2D eigenvalue weighted by molar-refractivity contribution is 0.332. The molecule has 2 aliphatic heterocycles. The first-order valence-corrected chi connectivity index (χ1v) is 28.8. The zero-order valence-electron chi connectivity index (χ0n) is 46.8. The predicted octanol–water partition coefficient (Wildman–Crippen LogP) is 18.4. The number of hydrogen-bond donors (Lipinski definition) is 0. The summed E-state index contributed by atoms with van der Waals surface area (Å²) < 4.78 is 1.32. The first-order chi connectivity index (χ1) is 36.2. The molecule has 1 aromatic heterocycles. The molecule has 4 aliphatic rings. The maximum atomic E-state index is 2.72. The summed E-state index contributed by atoms with van der Waals surface area (Å²) in [5.41, 5.74) is 24.8. The Labute approximate surface area is 457 Å². The molecular weight excluding hydrogens is 938 g/mol. The third kappa shape index (κ3) is 7.65. The lowest BCUT2D eigenvalue weighted by Gasteiger charge is -2.48. The number of anilines is 9. The van der Waals surface area contributed by atoms with Crippen LogP contribution in [0.25, 0.3) is 21.2 Å². The minimum Gasteiger partial charge on any atom is -0.311 e. The van der Waals surface area contributed by atoms with Crippen LogP contribution in [0.15, 0.2) is 170 Å². The lowest BCUT2D eigenvalue weighted by atomic mass is 9.33. The number of thiophene rings is 1. The van der Waals surface area contributed by atoms with E-state index < -0.39 is 0 Å². The van der Waals surface area contributed by atoms with Gasteiger partial charge in [-0.25, -0.2) is 0 Å². The van der Waals surface area contributed by atoms with E-state index in [1.165, 1.54) is 111 Å². The zero-order valence-corrected chi connectivity index (χ0v) is 47.6. The number of hydrogen-bond acceptors (Lipinski definition) is 4. The molecule has 0 saturated heterocycles. The number of para-hydroxylation sites is 2. The molecule has 0 bridgehead atoms. The fraction of sp³-hybridized carbons (Fsp3) is 0.296. The third-order valence-corrected chi connectivity index (χ3v) is 19.5. The van der Waals surface area contributed by atoms with Gasteiger partial charge in [-0.2, -0.15) is 0 Å². The standard InChI is InChI=1S/C71H72BN3S/c1-45-28-33-63-53(38-45)64-66(76-63)75(59-32-29-47(67(2,3)4)39-52(59)46-22-16-13-17-23-46)62-42-51(73(48-24-18-14-19-25-48)49-26-20-15-21-27-49)41-61-65(62)72(64)58-43-56-57(71(11,12)37-36-70(56,9)10)44-60(58)74(61)50-30-31-54-55(40-50)69(7,8)35-34-68(54,5)6/h13-33,38-44H,34-37H2,1-12H3. The minimum absolute atomic E-state index is 0.00585. The van der Waals surface area contributed by atoms with Crippen LogP contribution in [0, 0.1) is 6.92 Å². The molecule has 2 aliphatic carbocycles. The summed E-state index contributed by atoms with van der Waals surface area (Å²) in [4.78, 5) is 7.91. The molecule has 3 nitrogen and oxygen atoms in total. The van der Waals surface area contributed by atoms with E-state index in [0.29, 0.717) is 0 Å². The van der Waals surface area contributed by atoms with Crippen LogP contribution >= 0.6 is 11.3 Å². The van der Waals surface area contributed by atoms with E-state index in [9.17, 15) is 0 Å². The van der Waals surface area contributed by atoms with E-state index in [4.69, 9.17) is 0 Å². The largest absolute Gasteiger partial charge is 0.311 e. The van der Waals surface area contributed by atoms with Crippen LogP contribution in [0.5, 0.6) is 0 Å². The number of nitrogens with zero attached hydrogens (tertiary/aromatic N) is 3. The Balaban J connectivity index is 1.22. The van der Waals surface area contributed by atoms with Crippen molar-refractivity contribution in [1.82, 2.24) is 0 Å². The van der Waals surface area contributed by atoms with E-state index in [0.717, 1.165) is 36.3 Å². The molecule has 3 heterocycles. The van der Waals surface area contributed by atoms with Crippen molar-refractivity contribution in [2.75, 3.05) is 14.7 Å². The van der Waals surface area contributed by atoms with Gasteiger partial charge in [0.05, 0.1) is 16.4 Å². The van der Waals surface area contributed by atoms with Crippen molar-refractivity contribution in [3.8, 4) is 11.1 Å². The predicted molar refractivity (Wildman–Crippen MR) is 330 cm³/mol. The summed E-state index contributed by atoms with van der Waals surface area (Å²) in [5, 5.41) is 2.65. The van der Waals surface area contributed by atoms with E-state index in [1.807, 2.05) is 11.3 Å². The van der Waals surface area contributed by atoms with Crippen molar-refractivity contribution in [2.24, 2.45) is 0 Å². The highest BCUT2D eigenvalue weighted by Crippen LogP contribution is 2.56. The van der Waals surface area contributed by atoms with Crippen molar-refractivity contribution in [2.45, 2.75) is 136 Å². The smallest absolute Gasteiger partial charge is 0.254 e. The molecule has 0 amide bonds. The van der Waals surface area contributed by atoms with Crippen molar-refractivity contribution in [1.29, 1.82) is 0 Å². The Morgan fingerprint density at radius 2 is 1.03 bits per heavy atom. The average molecular weight is 1010 g/mol. The Morgan fingerprint density at radius 1 is 0.474 bits per heavy atom. The summed E-state index contributed by atoms with van der Waals surface area (Å²) in [6.07, 6.45) is 4.63. The van der Waals surface area contributed by atoms with Gasteiger partial charge in [0.25, 0.3) is 6.71 Å². The first-order valence-electron chi connectivity index (χ1n) is 28.0. The summed E-state index contributed by atoms with van der Waals surface area (Å²) in [6, 6.07) is 65.7. The molecule has 0 saturated carbocycles. The van der Waals surface area contributed by atoms with Crippen LogP contribution in [0.3, 0.4) is 0 Å². The van der Waals surface area contributed by atoms with Crippen molar-refractivity contribution < 1.29 is 0 Å². The fourth-order valence-electron chi connectivity index (χ4n) is 13.7. The third-order valence-electron chi connectivity index (χ3n) is 18.4. The molecule has 0 radical (unpaired) electrons. The normalized spacial score (nSPS) is 17.3. The number of rotatable bonds is 6. The quantitative estimate of drug-likeness (QED) is 0.154. The van der Waals surface area contributed by atoms with Gasteiger partial charge >= 0.3 is 0 Å². The molecular formula is C71H72BN3S. The monoisotopic (exact) mass is 1010 g/mol. The summed E-state index contributed by atoms with van der Waals surface area (Å²) in [7, 11) is 0. The Hall–Kier alpha value is -6.82. The summed E-state index contributed by atoms with van der Waals surface area (Å²) in [5.74, 6) is 0. The van der Waals surface area contributed by atoms with Gasteiger partial charge < -0.3 is 14.7 Å². The average Bonchev–Trinajstić information content (AvgIpc) is 3.96. The fourth-order valence-corrected chi connectivity index (χ4v) is 14.9. The molecule has 76 heavy (non-hydrogen) atoms. The van der Waals surface area contributed by atoms with E-state index in [2.05, 4.69) is 268 Å². The molecule has 380 valence electrons. The van der Waals surface area contributed by atoms with Gasteiger partial charge in [0.15, 0.2) is 0 Å². The molecule has 9 aromatic rings. The van der Waals surface area contributed by atoms with Gasteiger partial charge in [-0.05, 0) is 188 Å². The molecule has 0 spiro atoms. The van der Waals surface area contributed by atoms with E-state index in [1.54, 1.807) is 0 Å². The van der Waals surface area contributed by atoms with E-state index in [-0.39, 0.29) is 33.8 Å². The Morgan fingerprint density at radius 3 is 1.63 bits per heavy atom. The van der Waals surface area contributed by atoms with Crippen LogP contribution in [0.4, 0.5) is 50.5 Å². The topological polar surface area (TPSA) is 9.72 Å². The van der Waals surface area contributed by atoms with Gasteiger partial charge in [-0.1, -0.05) is 179 Å².